The first-order chi connectivity index (χ1) is 4.86. The first-order valence-corrected chi connectivity index (χ1v) is 3.37. The van der Waals surface area contributed by atoms with E-state index in [1.807, 2.05) is 18.2 Å². The maximum atomic E-state index is 3.79. The van der Waals surface area contributed by atoms with Crippen molar-refractivity contribution in [3.63, 3.8) is 0 Å². The van der Waals surface area contributed by atoms with E-state index < -0.39 is 0 Å². The predicted molar refractivity (Wildman–Crippen MR) is 45.6 cm³/mol. The van der Waals surface area contributed by atoms with Crippen molar-refractivity contribution in [1.82, 2.24) is 0 Å². The normalized spacial score (nSPS) is 8.45. The zero-order valence-electron chi connectivity index (χ0n) is 6.72. The van der Waals surface area contributed by atoms with Crippen LogP contribution in [0.3, 0.4) is 0 Å². The van der Waals surface area contributed by atoms with Gasteiger partial charge in [0.25, 0.3) is 0 Å². The summed E-state index contributed by atoms with van der Waals surface area (Å²) in [5, 5.41) is 0. The van der Waals surface area contributed by atoms with Crippen molar-refractivity contribution in [2.45, 2.75) is 6.42 Å². The van der Waals surface area contributed by atoms with Crippen LogP contribution in [0.5, 0.6) is 0 Å². The van der Waals surface area contributed by atoms with Gasteiger partial charge in [0.1, 0.15) is 0 Å². The van der Waals surface area contributed by atoms with Gasteiger partial charge in [0.2, 0.25) is 0 Å². The average molecular weight is 197 g/mol. The van der Waals surface area contributed by atoms with Gasteiger partial charge in [-0.15, -0.1) is 0 Å². The molecule has 1 rings (SSSR count). The van der Waals surface area contributed by atoms with Crippen molar-refractivity contribution in [3.05, 3.63) is 48.9 Å². The van der Waals surface area contributed by atoms with Crippen molar-refractivity contribution < 1.29 is 19.5 Å². The molecule has 0 aliphatic carbocycles. The second-order valence-electron chi connectivity index (χ2n) is 2.20. The number of hydrogen-bond donors (Lipinski definition) is 0. The van der Waals surface area contributed by atoms with Gasteiger partial charge in [0, 0.05) is 19.5 Å². The van der Waals surface area contributed by atoms with E-state index >= 15 is 0 Å². The van der Waals surface area contributed by atoms with Crippen molar-refractivity contribution in [2.24, 2.45) is 0 Å². The van der Waals surface area contributed by atoms with E-state index in [4.69, 9.17) is 0 Å². The molecule has 0 heterocycles. The van der Waals surface area contributed by atoms with Crippen LogP contribution in [-0.4, -0.2) is 0 Å². The van der Waals surface area contributed by atoms with E-state index in [2.05, 4.69) is 25.6 Å². The summed E-state index contributed by atoms with van der Waals surface area (Å²) >= 11 is 0. The maximum absolute atomic E-state index is 3.79. The molecule has 1 aromatic rings. The van der Waals surface area contributed by atoms with Crippen molar-refractivity contribution in [3.8, 4) is 0 Å². The van der Waals surface area contributed by atoms with E-state index in [0.29, 0.717) is 0 Å². The third kappa shape index (κ3) is 2.99. The molecule has 0 aromatic heterocycles. The van der Waals surface area contributed by atoms with Crippen LogP contribution in [0.1, 0.15) is 11.1 Å². The van der Waals surface area contributed by atoms with Crippen LogP contribution in [0.25, 0.3) is 6.08 Å². The average Bonchev–Trinajstić information content (AvgIpc) is 2.05. The van der Waals surface area contributed by atoms with Crippen molar-refractivity contribution in [1.29, 1.82) is 0 Å². The maximum Gasteiger partial charge on any atom is 0 e. The summed E-state index contributed by atoms with van der Waals surface area (Å²) in [6.45, 7) is 7.46. The Balaban J connectivity index is 0.000001000. The Morgan fingerprint density at radius 3 is 2.18 bits per heavy atom. The summed E-state index contributed by atoms with van der Waals surface area (Å²) in [6, 6.07) is 8.25. The van der Waals surface area contributed by atoms with E-state index in [-0.39, 0.29) is 19.5 Å². The third-order valence-corrected chi connectivity index (χ3v) is 1.50. The molecule has 0 saturated carbocycles. The molecule has 0 bridgehead atoms. The van der Waals surface area contributed by atoms with Gasteiger partial charge >= 0.3 is 0 Å². The van der Waals surface area contributed by atoms with Gasteiger partial charge in [-0.2, -0.15) is 6.42 Å². The molecule has 1 aromatic carbocycles. The van der Waals surface area contributed by atoms with Gasteiger partial charge in [0.05, 0.1) is 0 Å². The fourth-order valence-electron chi connectivity index (χ4n) is 0.820. The zero-order chi connectivity index (χ0) is 7.40. The number of rotatable bonds is 2. The summed E-state index contributed by atoms with van der Waals surface area (Å²) in [7, 11) is 0. The van der Waals surface area contributed by atoms with Gasteiger partial charge in [-0.3, -0.25) is 0 Å². The Morgan fingerprint density at radius 2 is 1.82 bits per heavy atom. The zero-order valence-corrected chi connectivity index (χ0v) is 9.68. The van der Waals surface area contributed by atoms with Crippen LogP contribution in [0.2, 0.25) is 0 Å². The summed E-state index contributed by atoms with van der Waals surface area (Å²) in [4.78, 5) is 0. The molecule has 0 fully saturated rings. The minimum atomic E-state index is 0. The second-order valence-corrected chi connectivity index (χ2v) is 2.20. The molecule has 0 aliphatic rings. The van der Waals surface area contributed by atoms with Gasteiger partial charge in [0.15, 0.2) is 0 Å². The van der Waals surface area contributed by atoms with Gasteiger partial charge < -0.3 is 6.92 Å². The van der Waals surface area contributed by atoms with Crippen LogP contribution in [0.15, 0.2) is 30.8 Å². The molecule has 54 valence electrons. The smallest absolute Gasteiger partial charge is 0 e. The molecular weight excluding hydrogens is 185 g/mol. The minimum Gasteiger partial charge on any atom is -0.339 e. The first kappa shape index (κ1) is 10.6. The Morgan fingerprint density at radius 1 is 1.27 bits per heavy atom. The molecule has 0 saturated heterocycles. The number of hydrogen-bond acceptors (Lipinski definition) is 0. The number of benzene rings is 1. The van der Waals surface area contributed by atoms with E-state index in [0.717, 1.165) is 12.0 Å². The molecule has 11 heavy (non-hydrogen) atoms. The van der Waals surface area contributed by atoms with Gasteiger partial charge in [-0.1, -0.05) is 42.5 Å². The summed E-state index contributed by atoms with van der Waals surface area (Å²) in [6.07, 6.45) is 2.70. The molecular formula is C10H11Zn-. The van der Waals surface area contributed by atoms with Crippen LogP contribution in [-0.2, 0) is 25.9 Å². The summed E-state index contributed by atoms with van der Waals surface area (Å²) < 4.78 is 0. The topological polar surface area (TPSA) is 0 Å². The van der Waals surface area contributed by atoms with Crippen molar-refractivity contribution in [2.75, 3.05) is 0 Å². The Labute approximate surface area is 81.1 Å². The SMILES string of the molecule is C=Cc1ccc(C[CH2-])cc1.[Zn]. The van der Waals surface area contributed by atoms with Crippen LogP contribution < -0.4 is 0 Å². The fraction of sp³-hybridized carbons (Fsp3) is 0.100. The Hall–Kier alpha value is -0.417. The first-order valence-electron chi connectivity index (χ1n) is 3.37. The van der Waals surface area contributed by atoms with E-state index in [1.165, 1.54) is 5.56 Å². The predicted octanol–water partition coefficient (Wildman–Crippen LogP) is 2.70. The summed E-state index contributed by atoms with van der Waals surface area (Å²) in [5.74, 6) is 0. The molecule has 0 radical (unpaired) electrons. The molecule has 0 N–H and O–H groups in total. The molecule has 0 nitrogen and oxygen atoms in total. The van der Waals surface area contributed by atoms with Gasteiger partial charge in [-0.05, 0) is 5.56 Å². The third-order valence-electron chi connectivity index (χ3n) is 1.50. The fourth-order valence-corrected chi connectivity index (χ4v) is 0.820. The Kier molecular flexibility index (Phi) is 5.06. The molecule has 0 unspecified atom stereocenters. The molecule has 0 atom stereocenters. The molecule has 0 spiro atoms. The van der Waals surface area contributed by atoms with E-state index in [9.17, 15) is 0 Å². The molecule has 0 amide bonds. The Bertz CT molecular complexity index is 211. The van der Waals surface area contributed by atoms with Crippen LogP contribution in [0, 0.1) is 6.92 Å². The van der Waals surface area contributed by atoms with Crippen LogP contribution >= 0.6 is 0 Å². The standard InChI is InChI=1S/C10H11.Zn/c1-3-9-5-7-10(4-2)8-6-9;/h3,5-8H,1-2,4H2;/q-1;. The van der Waals surface area contributed by atoms with Crippen molar-refractivity contribution >= 4 is 6.08 Å². The summed E-state index contributed by atoms with van der Waals surface area (Å²) in [5.41, 5.74) is 2.43. The quantitative estimate of drug-likeness (QED) is 0.504. The van der Waals surface area contributed by atoms with Gasteiger partial charge in [-0.25, -0.2) is 0 Å². The second kappa shape index (κ2) is 5.26. The largest absolute Gasteiger partial charge is 0.339 e. The molecule has 1 heteroatoms. The van der Waals surface area contributed by atoms with Crippen LogP contribution in [0.4, 0.5) is 0 Å². The monoisotopic (exact) mass is 195 g/mol. The molecule has 0 aliphatic heterocycles. The van der Waals surface area contributed by atoms with E-state index in [1.54, 1.807) is 0 Å². The minimum absolute atomic E-state index is 0.